The van der Waals surface area contributed by atoms with Crippen LogP contribution in [0.4, 0.5) is 18.9 Å². The molecule has 0 aliphatic carbocycles. The molecule has 0 radical (unpaired) electrons. The smallest absolute Gasteiger partial charge is 0.271 e. The largest absolute Gasteiger partial charge is 0.416 e. The van der Waals surface area contributed by atoms with E-state index in [1.807, 2.05) is 19.1 Å². The van der Waals surface area contributed by atoms with Gasteiger partial charge in [0.15, 0.2) is 0 Å². The number of anilines is 1. The third-order valence-corrected chi connectivity index (χ3v) is 5.49. The number of hydrogen-bond donors (Lipinski definition) is 1. The summed E-state index contributed by atoms with van der Waals surface area (Å²) in [4.78, 5) is 12.3. The van der Waals surface area contributed by atoms with Crippen molar-refractivity contribution in [3.63, 3.8) is 0 Å². The molecule has 0 atom stereocenters. The Bertz CT molecular complexity index is 1070. The van der Waals surface area contributed by atoms with Gasteiger partial charge < -0.3 is 0 Å². The van der Waals surface area contributed by atoms with Gasteiger partial charge in [0.25, 0.3) is 5.91 Å². The van der Waals surface area contributed by atoms with Gasteiger partial charge in [-0.25, -0.2) is 13.8 Å². The monoisotopic (exact) mass is 461 g/mol. The van der Waals surface area contributed by atoms with E-state index in [0.717, 1.165) is 29.5 Å². The van der Waals surface area contributed by atoms with Crippen LogP contribution >= 0.6 is 11.6 Å². The minimum absolute atomic E-state index is 0.249. The van der Waals surface area contributed by atoms with Crippen molar-refractivity contribution in [1.82, 2.24) is 5.43 Å². The molecule has 0 heterocycles. The van der Waals surface area contributed by atoms with Gasteiger partial charge in [-0.1, -0.05) is 41.4 Å². The van der Waals surface area contributed by atoms with Gasteiger partial charge >= 0.3 is 6.18 Å². The fourth-order valence-electron chi connectivity index (χ4n) is 2.43. The third-order valence-electron chi connectivity index (χ3n) is 4.05. The molecule has 30 heavy (non-hydrogen) atoms. The normalized spacial score (nSPS) is 12.6. The second-order valence-electron chi connectivity index (χ2n) is 6.53. The fourth-order valence-corrected chi connectivity index (χ4v) is 3.56. The number of halogens is 4. The minimum Gasteiger partial charge on any atom is -0.271 e. The maximum Gasteiger partial charge on any atom is 0.416 e. The number of rotatable bonds is 6. The van der Waals surface area contributed by atoms with Gasteiger partial charge in [-0.3, -0.25) is 9.10 Å². The predicted molar refractivity (Wildman–Crippen MR) is 110 cm³/mol. The molecule has 2 aromatic rings. The number of hydrazone groups is 1. The van der Waals surface area contributed by atoms with Crippen molar-refractivity contribution in [3.8, 4) is 0 Å². The average Bonchev–Trinajstić information content (AvgIpc) is 2.63. The summed E-state index contributed by atoms with van der Waals surface area (Å²) in [5.41, 5.74) is 2.90. The zero-order valence-electron chi connectivity index (χ0n) is 16.3. The number of aryl methyl sites for hydroxylation is 1. The molecule has 1 amide bonds. The summed E-state index contributed by atoms with van der Waals surface area (Å²) in [6.07, 6.45) is -3.95. The van der Waals surface area contributed by atoms with Crippen LogP contribution in [0.15, 0.2) is 47.6 Å². The highest BCUT2D eigenvalue weighted by molar-refractivity contribution is 7.92. The Morgan fingerprint density at radius 2 is 1.77 bits per heavy atom. The Morgan fingerprint density at radius 1 is 1.17 bits per heavy atom. The van der Waals surface area contributed by atoms with Gasteiger partial charge in [0.05, 0.1) is 28.2 Å². The van der Waals surface area contributed by atoms with Gasteiger partial charge in [-0.15, -0.1) is 0 Å². The molecule has 0 aliphatic heterocycles. The van der Waals surface area contributed by atoms with E-state index < -0.39 is 39.9 Å². The lowest BCUT2D eigenvalue weighted by molar-refractivity contribution is -0.137. The van der Waals surface area contributed by atoms with Gasteiger partial charge in [0.1, 0.15) is 6.54 Å². The number of alkyl halides is 3. The summed E-state index contributed by atoms with van der Waals surface area (Å²) >= 11 is 5.92. The van der Waals surface area contributed by atoms with Gasteiger partial charge in [0, 0.05) is 0 Å². The van der Waals surface area contributed by atoms with Crippen LogP contribution < -0.4 is 9.73 Å². The summed E-state index contributed by atoms with van der Waals surface area (Å²) in [5.74, 6) is -0.847. The molecule has 2 rings (SSSR count). The summed E-state index contributed by atoms with van der Waals surface area (Å²) < 4.78 is 63.8. The van der Waals surface area contributed by atoms with Crippen molar-refractivity contribution < 1.29 is 26.4 Å². The lowest BCUT2D eigenvalue weighted by Crippen LogP contribution is -2.39. The van der Waals surface area contributed by atoms with E-state index in [1.165, 1.54) is 0 Å². The Hall–Kier alpha value is -2.59. The summed E-state index contributed by atoms with van der Waals surface area (Å²) in [6.45, 7) is 2.75. The Labute approximate surface area is 177 Å². The van der Waals surface area contributed by atoms with Crippen molar-refractivity contribution >= 4 is 38.9 Å². The number of carbonyl (C=O) groups excluding carboxylic acids is 1. The first-order valence-electron chi connectivity index (χ1n) is 8.53. The van der Waals surface area contributed by atoms with Crippen LogP contribution in [0.25, 0.3) is 0 Å². The molecular formula is C19H19ClF3N3O3S. The number of benzene rings is 2. The molecule has 0 fully saturated rings. The number of carbonyl (C=O) groups is 1. The molecule has 0 aromatic heterocycles. The van der Waals surface area contributed by atoms with E-state index in [2.05, 4.69) is 10.5 Å². The molecule has 0 bridgehead atoms. The number of hydrogen-bond acceptors (Lipinski definition) is 4. The molecule has 162 valence electrons. The lowest BCUT2D eigenvalue weighted by Gasteiger charge is -2.23. The van der Waals surface area contributed by atoms with E-state index in [4.69, 9.17) is 11.6 Å². The van der Waals surface area contributed by atoms with Crippen LogP contribution in [0.2, 0.25) is 5.02 Å². The van der Waals surface area contributed by atoms with Gasteiger partial charge in [0.2, 0.25) is 10.0 Å². The van der Waals surface area contributed by atoms with Gasteiger partial charge in [-0.05, 0) is 37.6 Å². The molecule has 0 saturated carbocycles. The van der Waals surface area contributed by atoms with Crippen LogP contribution in [-0.4, -0.2) is 32.8 Å². The Morgan fingerprint density at radius 3 is 2.30 bits per heavy atom. The maximum atomic E-state index is 13.0. The second-order valence-corrected chi connectivity index (χ2v) is 8.85. The van der Waals surface area contributed by atoms with E-state index in [-0.39, 0.29) is 5.02 Å². The number of amides is 1. The van der Waals surface area contributed by atoms with E-state index in [0.29, 0.717) is 16.1 Å². The Kier molecular flexibility index (Phi) is 7.14. The van der Waals surface area contributed by atoms with Crippen LogP contribution in [-0.2, 0) is 21.0 Å². The van der Waals surface area contributed by atoms with Crippen LogP contribution in [0.3, 0.4) is 0 Å². The van der Waals surface area contributed by atoms with Crippen molar-refractivity contribution in [2.24, 2.45) is 5.10 Å². The van der Waals surface area contributed by atoms with Crippen LogP contribution in [0, 0.1) is 6.92 Å². The molecule has 0 unspecified atom stereocenters. The van der Waals surface area contributed by atoms with Gasteiger partial charge in [-0.2, -0.15) is 18.3 Å². The number of sulfonamides is 1. The molecule has 11 heteroatoms. The highest BCUT2D eigenvalue weighted by Crippen LogP contribution is 2.36. The first kappa shape index (κ1) is 23.7. The van der Waals surface area contributed by atoms with Crippen molar-refractivity contribution in [2.45, 2.75) is 20.0 Å². The standard InChI is InChI=1S/C19H19ClF3N3O3S/c1-12-4-6-14(7-5-12)13(2)24-25-18(27)11-26(30(3,28)29)17-10-15(19(21,22)23)8-9-16(17)20/h4-10H,11H2,1-3H3,(H,25,27)/b24-13-. The SMILES string of the molecule is C/C(=N/NC(=O)CN(c1cc(C(F)(F)F)ccc1Cl)S(C)(=O)=O)c1ccc(C)cc1. The quantitative estimate of drug-likeness (QED) is 0.522. The molecule has 1 N–H and O–H groups in total. The average molecular weight is 462 g/mol. The highest BCUT2D eigenvalue weighted by Gasteiger charge is 2.33. The van der Waals surface area contributed by atoms with Crippen molar-refractivity contribution in [2.75, 3.05) is 17.1 Å². The summed E-state index contributed by atoms with van der Waals surface area (Å²) in [7, 11) is -4.12. The summed E-state index contributed by atoms with van der Waals surface area (Å²) in [6, 6.07) is 9.54. The third kappa shape index (κ3) is 6.20. The molecule has 0 spiro atoms. The molecule has 0 saturated heterocycles. The van der Waals surface area contributed by atoms with E-state index in [9.17, 15) is 26.4 Å². The topological polar surface area (TPSA) is 78.8 Å². The number of nitrogens with one attached hydrogen (secondary N) is 1. The molecular weight excluding hydrogens is 443 g/mol. The second kappa shape index (κ2) is 9.05. The predicted octanol–water partition coefficient (Wildman–Crippen LogP) is 3.97. The van der Waals surface area contributed by atoms with Crippen LogP contribution in [0.1, 0.15) is 23.6 Å². The zero-order chi connectivity index (χ0) is 22.7. The number of nitrogens with zero attached hydrogens (tertiary/aromatic N) is 2. The minimum atomic E-state index is -4.71. The fraction of sp³-hybridized carbons (Fsp3) is 0.263. The first-order valence-corrected chi connectivity index (χ1v) is 10.8. The lowest BCUT2D eigenvalue weighted by atomic mass is 10.1. The van der Waals surface area contributed by atoms with Crippen molar-refractivity contribution in [1.29, 1.82) is 0 Å². The van der Waals surface area contributed by atoms with E-state index >= 15 is 0 Å². The Balaban J connectivity index is 2.27. The molecule has 6 nitrogen and oxygen atoms in total. The van der Waals surface area contributed by atoms with E-state index in [1.54, 1.807) is 19.1 Å². The highest BCUT2D eigenvalue weighted by atomic mass is 35.5. The molecule has 0 aliphatic rings. The summed E-state index contributed by atoms with van der Waals surface area (Å²) in [5, 5.41) is 3.67. The maximum absolute atomic E-state index is 13.0. The van der Waals surface area contributed by atoms with Crippen molar-refractivity contribution in [3.05, 3.63) is 64.2 Å². The molecule has 2 aromatic carbocycles. The zero-order valence-corrected chi connectivity index (χ0v) is 17.9. The first-order chi connectivity index (χ1) is 13.8. The van der Waals surface area contributed by atoms with Crippen LogP contribution in [0.5, 0.6) is 0 Å².